The summed E-state index contributed by atoms with van der Waals surface area (Å²) in [6.45, 7) is 0. The van der Waals surface area contributed by atoms with Crippen molar-refractivity contribution < 1.29 is 29.6 Å². The quantitative estimate of drug-likeness (QED) is 0.657. The zero-order valence-corrected chi connectivity index (χ0v) is 10.3. The first-order chi connectivity index (χ1) is 8.96. The van der Waals surface area contributed by atoms with Gasteiger partial charge in [0.2, 0.25) is 0 Å². The highest BCUT2D eigenvalue weighted by molar-refractivity contribution is 5.89. The maximum absolute atomic E-state index is 10.9. The smallest absolute Gasteiger partial charge is 0.335 e. The van der Waals surface area contributed by atoms with Gasteiger partial charge in [-0.1, -0.05) is 0 Å². The molecule has 7 nitrogen and oxygen atoms in total. The maximum Gasteiger partial charge on any atom is 0.335 e. The molecule has 2 atom stereocenters. The zero-order chi connectivity index (χ0) is 14.6. The SMILES string of the molecule is COc1cc(C(=O)O)cc(OC)c1C(O)C(O)C#N. The Hall–Kier alpha value is -2.30. The summed E-state index contributed by atoms with van der Waals surface area (Å²) in [5, 5.41) is 36.8. The molecule has 0 aliphatic rings. The number of methoxy groups -OCH3 is 2. The first kappa shape index (κ1) is 14.8. The molecule has 0 saturated carbocycles. The first-order valence-corrected chi connectivity index (χ1v) is 5.21. The monoisotopic (exact) mass is 267 g/mol. The van der Waals surface area contributed by atoms with Crippen LogP contribution in [0.3, 0.4) is 0 Å². The van der Waals surface area contributed by atoms with Crippen molar-refractivity contribution in [2.45, 2.75) is 12.2 Å². The average Bonchev–Trinajstić information content (AvgIpc) is 2.43. The summed E-state index contributed by atoms with van der Waals surface area (Å²) in [4.78, 5) is 10.9. The van der Waals surface area contributed by atoms with Crippen LogP contribution in [0, 0.1) is 11.3 Å². The molecule has 0 heterocycles. The highest BCUT2D eigenvalue weighted by Crippen LogP contribution is 2.37. The largest absolute Gasteiger partial charge is 0.496 e. The molecular weight excluding hydrogens is 254 g/mol. The van der Waals surface area contributed by atoms with Crippen LogP contribution in [0.1, 0.15) is 22.0 Å². The maximum atomic E-state index is 10.9. The molecule has 0 amide bonds. The molecule has 1 aromatic carbocycles. The Morgan fingerprint density at radius 2 is 1.74 bits per heavy atom. The van der Waals surface area contributed by atoms with Crippen LogP contribution < -0.4 is 9.47 Å². The first-order valence-electron chi connectivity index (χ1n) is 5.21. The lowest BCUT2D eigenvalue weighted by molar-refractivity contribution is 0.0491. The topological polar surface area (TPSA) is 120 Å². The van der Waals surface area contributed by atoms with Crippen LogP contribution in [0.2, 0.25) is 0 Å². The minimum atomic E-state index is -1.68. The number of hydrogen-bond acceptors (Lipinski definition) is 6. The van der Waals surface area contributed by atoms with Gasteiger partial charge in [-0.3, -0.25) is 0 Å². The standard InChI is InChI=1S/C12H13NO6/c1-18-8-3-6(12(16)17)4-9(19-2)10(8)11(15)7(14)5-13/h3-4,7,11,14-15H,1-2H3,(H,16,17). The average molecular weight is 267 g/mol. The Balaban J connectivity index is 3.45. The molecule has 0 aliphatic carbocycles. The fourth-order valence-electron chi connectivity index (χ4n) is 1.58. The number of ether oxygens (including phenoxy) is 2. The number of carboxylic acids is 1. The second kappa shape index (κ2) is 6.04. The molecule has 1 aromatic rings. The third-order valence-corrected chi connectivity index (χ3v) is 2.52. The number of aliphatic hydroxyl groups excluding tert-OH is 2. The molecule has 1 rings (SSSR count). The summed E-state index contributed by atoms with van der Waals surface area (Å²) >= 11 is 0. The van der Waals surface area contributed by atoms with Crippen LogP contribution in [0.5, 0.6) is 11.5 Å². The molecule has 0 aliphatic heterocycles. The molecule has 19 heavy (non-hydrogen) atoms. The van der Waals surface area contributed by atoms with Gasteiger partial charge in [-0.2, -0.15) is 5.26 Å². The van der Waals surface area contributed by atoms with E-state index in [1.165, 1.54) is 32.4 Å². The molecule has 0 fully saturated rings. The van der Waals surface area contributed by atoms with Gasteiger partial charge in [0.05, 0.1) is 31.4 Å². The number of nitriles is 1. The Morgan fingerprint density at radius 1 is 1.26 bits per heavy atom. The van der Waals surface area contributed by atoms with Gasteiger partial charge in [0.15, 0.2) is 6.10 Å². The summed E-state index contributed by atoms with van der Waals surface area (Å²) < 4.78 is 9.94. The van der Waals surface area contributed by atoms with E-state index in [4.69, 9.17) is 19.8 Å². The number of aliphatic hydroxyl groups is 2. The Labute approximate surface area is 109 Å². The third kappa shape index (κ3) is 2.93. The number of rotatable bonds is 5. The van der Waals surface area contributed by atoms with E-state index in [0.29, 0.717) is 0 Å². The number of nitrogens with zero attached hydrogens (tertiary/aromatic N) is 1. The number of carboxylic acid groups (broad SMARTS) is 1. The summed E-state index contributed by atoms with van der Waals surface area (Å²) in [6.07, 6.45) is -3.25. The summed E-state index contributed by atoms with van der Waals surface area (Å²) in [5.41, 5.74) is -0.0832. The van der Waals surface area contributed by atoms with E-state index in [0.717, 1.165) is 0 Å². The molecule has 0 radical (unpaired) electrons. The van der Waals surface area contributed by atoms with Gasteiger partial charge in [0, 0.05) is 0 Å². The Kier molecular flexibility index (Phi) is 4.69. The molecule has 0 saturated heterocycles. The lowest BCUT2D eigenvalue weighted by Gasteiger charge is -2.19. The van der Waals surface area contributed by atoms with Gasteiger partial charge in [0.25, 0.3) is 0 Å². The summed E-state index contributed by atoms with van der Waals surface area (Å²) in [5.74, 6) is -1.17. The van der Waals surface area contributed by atoms with Crippen LogP contribution in [-0.2, 0) is 0 Å². The van der Waals surface area contributed by atoms with E-state index in [9.17, 15) is 15.0 Å². The van der Waals surface area contributed by atoms with Crippen molar-refractivity contribution in [3.05, 3.63) is 23.3 Å². The summed E-state index contributed by atoms with van der Waals surface area (Å²) in [6, 6.07) is 3.83. The van der Waals surface area contributed by atoms with Crippen molar-refractivity contribution in [2.75, 3.05) is 14.2 Å². The van der Waals surface area contributed by atoms with Crippen LogP contribution in [0.15, 0.2) is 12.1 Å². The van der Waals surface area contributed by atoms with Crippen LogP contribution in [0.25, 0.3) is 0 Å². The number of aromatic carboxylic acids is 1. The number of hydrogen-bond donors (Lipinski definition) is 3. The van der Waals surface area contributed by atoms with Gasteiger partial charge in [-0.15, -0.1) is 0 Å². The lowest BCUT2D eigenvalue weighted by atomic mass is 10.0. The van der Waals surface area contributed by atoms with Gasteiger partial charge in [-0.05, 0) is 12.1 Å². The fourth-order valence-corrected chi connectivity index (χ4v) is 1.58. The van der Waals surface area contributed by atoms with E-state index in [-0.39, 0.29) is 22.6 Å². The van der Waals surface area contributed by atoms with E-state index in [2.05, 4.69) is 0 Å². The second-order valence-corrected chi connectivity index (χ2v) is 3.62. The molecule has 3 N–H and O–H groups in total. The minimum absolute atomic E-state index is 0.0125. The molecule has 2 unspecified atom stereocenters. The number of benzene rings is 1. The Bertz CT molecular complexity index is 496. The van der Waals surface area contributed by atoms with Crippen LogP contribution >= 0.6 is 0 Å². The molecule has 7 heteroatoms. The molecule has 0 bridgehead atoms. The van der Waals surface area contributed by atoms with Gasteiger partial charge in [0.1, 0.15) is 17.6 Å². The molecule has 102 valence electrons. The van der Waals surface area contributed by atoms with Crippen molar-refractivity contribution >= 4 is 5.97 Å². The van der Waals surface area contributed by atoms with E-state index < -0.39 is 18.2 Å². The van der Waals surface area contributed by atoms with Crippen molar-refractivity contribution in [2.24, 2.45) is 0 Å². The van der Waals surface area contributed by atoms with Crippen molar-refractivity contribution in [3.8, 4) is 17.6 Å². The highest BCUT2D eigenvalue weighted by Gasteiger charge is 2.27. The van der Waals surface area contributed by atoms with Crippen LogP contribution in [-0.4, -0.2) is 41.6 Å². The minimum Gasteiger partial charge on any atom is -0.496 e. The lowest BCUT2D eigenvalue weighted by Crippen LogP contribution is -2.18. The molecular formula is C12H13NO6. The summed E-state index contributed by atoms with van der Waals surface area (Å²) in [7, 11) is 2.55. The normalized spacial score (nSPS) is 13.2. The fraction of sp³-hybridized carbons (Fsp3) is 0.333. The van der Waals surface area contributed by atoms with Gasteiger partial charge in [-0.25, -0.2) is 4.79 Å². The predicted molar refractivity (Wildman–Crippen MR) is 63.1 cm³/mol. The molecule has 0 spiro atoms. The van der Waals surface area contributed by atoms with Crippen molar-refractivity contribution in [1.29, 1.82) is 5.26 Å². The van der Waals surface area contributed by atoms with Gasteiger partial charge >= 0.3 is 5.97 Å². The van der Waals surface area contributed by atoms with Gasteiger partial charge < -0.3 is 24.8 Å². The van der Waals surface area contributed by atoms with E-state index >= 15 is 0 Å². The Morgan fingerprint density at radius 3 is 2.05 bits per heavy atom. The van der Waals surface area contributed by atoms with Crippen molar-refractivity contribution in [3.63, 3.8) is 0 Å². The third-order valence-electron chi connectivity index (χ3n) is 2.52. The predicted octanol–water partition coefficient (Wildman–Crippen LogP) is 0.320. The second-order valence-electron chi connectivity index (χ2n) is 3.62. The molecule has 0 aromatic heterocycles. The zero-order valence-electron chi connectivity index (χ0n) is 10.3. The van der Waals surface area contributed by atoms with E-state index in [1.54, 1.807) is 0 Å². The van der Waals surface area contributed by atoms with Crippen molar-refractivity contribution in [1.82, 2.24) is 0 Å². The highest BCUT2D eigenvalue weighted by atomic mass is 16.5. The van der Waals surface area contributed by atoms with E-state index in [1.807, 2.05) is 0 Å². The van der Waals surface area contributed by atoms with Crippen LogP contribution in [0.4, 0.5) is 0 Å². The number of carbonyl (C=O) groups is 1.